The predicted molar refractivity (Wildman–Crippen MR) is 59.2 cm³/mol. The lowest BCUT2D eigenvalue weighted by Gasteiger charge is -2.12. The molecule has 1 aliphatic rings. The van der Waals surface area contributed by atoms with Crippen LogP contribution in [-0.4, -0.2) is 18.9 Å². The number of Topliss-reactive ketones (excluding diaryl/α,β-unsaturated/α-hetero) is 1. The summed E-state index contributed by atoms with van der Waals surface area (Å²) in [6.07, 6.45) is 1.21. The number of aryl methyl sites for hydroxylation is 1. The van der Waals surface area contributed by atoms with Crippen LogP contribution in [0.1, 0.15) is 28.8 Å². The highest BCUT2D eigenvalue weighted by Crippen LogP contribution is 2.49. The molecule has 84 valence electrons. The number of benzene rings is 1. The molecule has 16 heavy (non-hydrogen) atoms. The highest BCUT2D eigenvalue weighted by Gasteiger charge is 2.57. The molecule has 0 unspecified atom stereocenters. The van der Waals surface area contributed by atoms with Crippen LogP contribution in [0.2, 0.25) is 0 Å². The Kier molecular flexibility index (Phi) is 2.54. The second-order valence-electron chi connectivity index (χ2n) is 4.22. The standard InChI is InChI=1S/C13H14O3/c1-9-5-3-4-6-10(9)11(14)13(7-8-13)12(15)16-2/h3-6H,7-8H2,1-2H3. The lowest BCUT2D eigenvalue weighted by Crippen LogP contribution is -2.27. The van der Waals surface area contributed by atoms with Crippen LogP contribution in [0.3, 0.4) is 0 Å². The number of rotatable bonds is 3. The van der Waals surface area contributed by atoms with E-state index in [0.29, 0.717) is 18.4 Å². The molecule has 0 saturated heterocycles. The van der Waals surface area contributed by atoms with Crippen LogP contribution in [0.25, 0.3) is 0 Å². The third kappa shape index (κ3) is 1.52. The molecular formula is C13H14O3. The van der Waals surface area contributed by atoms with Crippen molar-refractivity contribution in [3.8, 4) is 0 Å². The quantitative estimate of drug-likeness (QED) is 0.443. The summed E-state index contributed by atoms with van der Waals surface area (Å²) in [4.78, 5) is 23.8. The molecule has 0 heterocycles. The van der Waals surface area contributed by atoms with Gasteiger partial charge in [0.2, 0.25) is 0 Å². The number of hydrogen-bond donors (Lipinski definition) is 0. The molecule has 2 rings (SSSR count). The van der Waals surface area contributed by atoms with Crippen molar-refractivity contribution in [3.63, 3.8) is 0 Å². The Hall–Kier alpha value is -1.64. The van der Waals surface area contributed by atoms with Gasteiger partial charge >= 0.3 is 5.97 Å². The van der Waals surface area contributed by atoms with E-state index in [-0.39, 0.29) is 5.78 Å². The van der Waals surface area contributed by atoms with Crippen molar-refractivity contribution in [1.82, 2.24) is 0 Å². The minimum absolute atomic E-state index is 0.0996. The third-order valence-corrected chi connectivity index (χ3v) is 3.15. The number of carbonyl (C=O) groups is 2. The number of hydrogen-bond acceptors (Lipinski definition) is 3. The second kappa shape index (κ2) is 3.74. The third-order valence-electron chi connectivity index (χ3n) is 3.15. The number of ether oxygens (including phenoxy) is 1. The number of methoxy groups -OCH3 is 1. The SMILES string of the molecule is COC(=O)C1(C(=O)c2ccccc2C)CC1. The van der Waals surface area contributed by atoms with Crippen molar-refractivity contribution in [2.45, 2.75) is 19.8 Å². The van der Waals surface area contributed by atoms with Crippen molar-refractivity contribution in [2.24, 2.45) is 5.41 Å². The summed E-state index contributed by atoms with van der Waals surface area (Å²) in [6, 6.07) is 7.33. The molecule has 0 N–H and O–H groups in total. The molecule has 0 spiro atoms. The molecule has 3 nitrogen and oxygen atoms in total. The van der Waals surface area contributed by atoms with Crippen molar-refractivity contribution >= 4 is 11.8 Å². The summed E-state index contributed by atoms with van der Waals surface area (Å²) >= 11 is 0. The van der Waals surface area contributed by atoms with E-state index in [1.807, 2.05) is 25.1 Å². The first kappa shape index (κ1) is 10.9. The zero-order valence-electron chi connectivity index (χ0n) is 9.45. The fourth-order valence-electron chi connectivity index (χ4n) is 1.93. The summed E-state index contributed by atoms with van der Waals surface area (Å²) in [5.74, 6) is -0.502. The first-order valence-corrected chi connectivity index (χ1v) is 5.31. The zero-order chi connectivity index (χ0) is 11.8. The smallest absolute Gasteiger partial charge is 0.319 e. The minimum Gasteiger partial charge on any atom is -0.468 e. The molecule has 1 aromatic carbocycles. The van der Waals surface area contributed by atoms with Gasteiger partial charge in [0.1, 0.15) is 5.41 Å². The first-order chi connectivity index (χ1) is 7.62. The summed E-state index contributed by atoms with van der Waals surface area (Å²) in [7, 11) is 1.33. The summed E-state index contributed by atoms with van der Waals surface area (Å²) < 4.78 is 4.70. The molecule has 1 fully saturated rings. The topological polar surface area (TPSA) is 43.4 Å². The van der Waals surface area contributed by atoms with Gasteiger partial charge in [-0.25, -0.2) is 0 Å². The lowest BCUT2D eigenvalue weighted by atomic mass is 9.92. The largest absolute Gasteiger partial charge is 0.468 e. The predicted octanol–water partition coefficient (Wildman–Crippen LogP) is 2.13. The Morgan fingerprint density at radius 2 is 1.88 bits per heavy atom. The molecule has 0 aliphatic heterocycles. The molecular weight excluding hydrogens is 204 g/mol. The maximum atomic E-state index is 12.2. The average Bonchev–Trinajstić information content (AvgIpc) is 3.09. The van der Waals surface area contributed by atoms with Crippen molar-refractivity contribution in [2.75, 3.05) is 7.11 Å². The summed E-state index contributed by atoms with van der Waals surface area (Å²) in [5.41, 5.74) is 0.647. The Bertz CT molecular complexity index is 444. The normalized spacial score (nSPS) is 16.6. The van der Waals surface area contributed by atoms with Gasteiger partial charge in [0.05, 0.1) is 7.11 Å². The monoisotopic (exact) mass is 218 g/mol. The minimum atomic E-state index is -0.888. The van der Waals surface area contributed by atoms with Gasteiger partial charge in [-0.1, -0.05) is 24.3 Å². The van der Waals surface area contributed by atoms with Crippen LogP contribution < -0.4 is 0 Å². The molecule has 0 radical (unpaired) electrons. The van der Waals surface area contributed by atoms with Gasteiger partial charge in [0.25, 0.3) is 0 Å². The van der Waals surface area contributed by atoms with E-state index in [4.69, 9.17) is 4.74 Å². The molecule has 3 heteroatoms. The van der Waals surface area contributed by atoms with Crippen LogP contribution in [0.5, 0.6) is 0 Å². The molecule has 0 atom stereocenters. The lowest BCUT2D eigenvalue weighted by molar-refractivity contribution is -0.145. The van der Waals surface area contributed by atoms with Crippen LogP contribution in [0.4, 0.5) is 0 Å². The maximum absolute atomic E-state index is 12.2. The molecule has 0 bridgehead atoms. The van der Waals surface area contributed by atoms with Gasteiger partial charge in [-0.2, -0.15) is 0 Å². The van der Waals surface area contributed by atoms with Crippen LogP contribution in [0, 0.1) is 12.3 Å². The van der Waals surface area contributed by atoms with Crippen LogP contribution in [-0.2, 0) is 9.53 Å². The zero-order valence-corrected chi connectivity index (χ0v) is 9.45. The van der Waals surface area contributed by atoms with Gasteiger partial charge in [-0.3, -0.25) is 9.59 Å². The van der Waals surface area contributed by atoms with Gasteiger partial charge in [0.15, 0.2) is 5.78 Å². The Morgan fingerprint density at radius 1 is 1.25 bits per heavy atom. The van der Waals surface area contributed by atoms with E-state index in [1.165, 1.54) is 7.11 Å². The second-order valence-corrected chi connectivity index (χ2v) is 4.22. The maximum Gasteiger partial charge on any atom is 0.319 e. The van der Waals surface area contributed by atoms with Crippen LogP contribution >= 0.6 is 0 Å². The average molecular weight is 218 g/mol. The van der Waals surface area contributed by atoms with E-state index in [9.17, 15) is 9.59 Å². The molecule has 0 aromatic heterocycles. The van der Waals surface area contributed by atoms with E-state index >= 15 is 0 Å². The molecule has 1 aliphatic carbocycles. The van der Waals surface area contributed by atoms with E-state index < -0.39 is 11.4 Å². The van der Waals surface area contributed by atoms with Crippen molar-refractivity contribution < 1.29 is 14.3 Å². The Balaban J connectivity index is 2.34. The van der Waals surface area contributed by atoms with Gasteiger partial charge in [0, 0.05) is 5.56 Å². The number of ketones is 1. The summed E-state index contributed by atoms with van der Waals surface area (Å²) in [6.45, 7) is 1.88. The first-order valence-electron chi connectivity index (χ1n) is 5.31. The van der Waals surface area contributed by atoms with Crippen molar-refractivity contribution in [3.05, 3.63) is 35.4 Å². The van der Waals surface area contributed by atoms with Gasteiger partial charge < -0.3 is 4.74 Å². The van der Waals surface area contributed by atoms with Crippen molar-refractivity contribution in [1.29, 1.82) is 0 Å². The Morgan fingerprint density at radius 3 is 2.38 bits per heavy atom. The number of esters is 1. The molecule has 1 aromatic rings. The molecule has 1 saturated carbocycles. The highest BCUT2D eigenvalue weighted by molar-refractivity contribution is 6.15. The Labute approximate surface area is 94.4 Å². The van der Waals surface area contributed by atoms with Crippen LogP contribution in [0.15, 0.2) is 24.3 Å². The number of carbonyl (C=O) groups excluding carboxylic acids is 2. The molecule has 0 amide bonds. The van der Waals surface area contributed by atoms with E-state index in [0.717, 1.165) is 5.56 Å². The fraction of sp³-hybridized carbons (Fsp3) is 0.385. The fourth-order valence-corrected chi connectivity index (χ4v) is 1.93. The van der Waals surface area contributed by atoms with E-state index in [1.54, 1.807) is 6.07 Å². The highest BCUT2D eigenvalue weighted by atomic mass is 16.5. The van der Waals surface area contributed by atoms with E-state index in [2.05, 4.69) is 0 Å². The van der Waals surface area contributed by atoms with Gasteiger partial charge in [-0.15, -0.1) is 0 Å². The summed E-state index contributed by atoms with van der Waals surface area (Å²) in [5, 5.41) is 0. The van der Waals surface area contributed by atoms with Gasteiger partial charge in [-0.05, 0) is 25.3 Å².